The van der Waals surface area contributed by atoms with E-state index in [0.717, 1.165) is 30.9 Å². The van der Waals surface area contributed by atoms with Crippen molar-refractivity contribution in [3.63, 3.8) is 0 Å². The summed E-state index contributed by atoms with van der Waals surface area (Å²) < 4.78 is 10.7. The predicted molar refractivity (Wildman–Crippen MR) is 130 cm³/mol. The first-order valence-electron chi connectivity index (χ1n) is 12.4. The molecular weight excluding hydrogens is 464 g/mol. The first kappa shape index (κ1) is 23.9. The number of likely N-dealkylation sites (tertiary alicyclic amines) is 1. The van der Waals surface area contributed by atoms with Gasteiger partial charge in [0.1, 0.15) is 5.82 Å². The molecule has 36 heavy (non-hydrogen) atoms. The van der Waals surface area contributed by atoms with Gasteiger partial charge < -0.3 is 30.1 Å². The smallest absolute Gasteiger partial charge is 0.305 e. The lowest BCUT2D eigenvalue weighted by Crippen LogP contribution is -2.40. The van der Waals surface area contributed by atoms with E-state index in [1.54, 1.807) is 23.1 Å². The number of nitrogens with one attached hydrogen (secondary N) is 2. The Morgan fingerprint density at radius 1 is 1.22 bits per heavy atom. The van der Waals surface area contributed by atoms with Crippen LogP contribution in [0.5, 0.6) is 11.5 Å². The van der Waals surface area contributed by atoms with Crippen LogP contribution in [-0.2, 0) is 27.2 Å². The summed E-state index contributed by atoms with van der Waals surface area (Å²) in [5, 5.41) is 15.5. The molecule has 2 aromatic rings. The third-order valence-electron chi connectivity index (χ3n) is 6.96. The second-order valence-corrected chi connectivity index (χ2v) is 9.46. The van der Waals surface area contributed by atoms with Gasteiger partial charge in [-0.25, -0.2) is 4.98 Å². The molecule has 0 unspecified atom stereocenters. The van der Waals surface area contributed by atoms with Crippen molar-refractivity contribution in [2.45, 2.75) is 44.6 Å². The number of carbonyl (C=O) groups is 3. The average Bonchev–Trinajstić information content (AvgIpc) is 3.48. The van der Waals surface area contributed by atoms with Gasteiger partial charge in [0.2, 0.25) is 18.6 Å². The van der Waals surface area contributed by atoms with Crippen LogP contribution in [0.15, 0.2) is 30.3 Å². The Balaban J connectivity index is 1.15. The van der Waals surface area contributed by atoms with Gasteiger partial charge in [-0.15, -0.1) is 0 Å². The number of hydrogen-bond acceptors (Lipinski definition) is 7. The first-order valence-corrected chi connectivity index (χ1v) is 12.4. The standard InChI is InChI=1S/C26H30N4O6/c31-23(29-20(13-24(32)33)18-5-8-21-22(12-18)36-15-35-21)14-30-11-9-17(26(30)34)4-7-19-6-3-16-2-1-10-27-25(16)28-19/h3,5-6,8,12,17,20H,1-2,4,7,9-11,13-15H2,(H,27,28)(H,29,31)(H,32,33)/t17-,20-/m0/s1. The van der Waals surface area contributed by atoms with Crippen molar-refractivity contribution in [3.05, 3.63) is 47.2 Å². The number of aliphatic carboxylic acids is 1. The van der Waals surface area contributed by atoms with Crippen LogP contribution in [0, 0.1) is 5.92 Å². The molecule has 0 radical (unpaired) electrons. The molecule has 5 rings (SSSR count). The summed E-state index contributed by atoms with van der Waals surface area (Å²) in [6.45, 7) is 1.44. The SMILES string of the molecule is O=C(O)C[C@H](NC(=O)CN1CC[C@H](CCc2ccc3c(n2)NCCC3)C1=O)c1ccc2c(c1)OCO2. The number of carboxylic acids is 1. The maximum Gasteiger partial charge on any atom is 0.305 e. The van der Waals surface area contributed by atoms with Gasteiger partial charge in [0.25, 0.3) is 0 Å². The number of pyridine rings is 1. The maximum absolute atomic E-state index is 12.9. The van der Waals surface area contributed by atoms with Crippen molar-refractivity contribution in [1.29, 1.82) is 0 Å². The van der Waals surface area contributed by atoms with E-state index in [9.17, 15) is 19.5 Å². The van der Waals surface area contributed by atoms with Crippen LogP contribution in [0.3, 0.4) is 0 Å². The molecule has 1 aromatic carbocycles. The van der Waals surface area contributed by atoms with Crippen molar-refractivity contribution in [2.24, 2.45) is 5.92 Å². The number of carbonyl (C=O) groups excluding carboxylic acids is 2. The highest BCUT2D eigenvalue weighted by Crippen LogP contribution is 2.35. The molecule has 0 bridgehead atoms. The highest BCUT2D eigenvalue weighted by molar-refractivity contribution is 5.87. The molecule has 3 aliphatic rings. The summed E-state index contributed by atoms with van der Waals surface area (Å²) in [6.07, 6.45) is 3.94. The lowest BCUT2D eigenvalue weighted by atomic mass is 9.99. The number of nitrogens with zero attached hydrogens (tertiary/aromatic N) is 2. The molecule has 10 heteroatoms. The molecule has 1 aromatic heterocycles. The van der Waals surface area contributed by atoms with Gasteiger partial charge in [-0.05, 0) is 61.4 Å². The number of hydrogen-bond donors (Lipinski definition) is 3. The van der Waals surface area contributed by atoms with Crippen molar-refractivity contribution < 1.29 is 29.0 Å². The molecule has 1 fully saturated rings. The molecule has 0 saturated carbocycles. The number of carboxylic acid groups (broad SMARTS) is 1. The second kappa shape index (κ2) is 10.4. The van der Waals surface area contributed by atoms with E-state index in [0.29, 0.717) is 42.9 Å². The van der Waals surface area contributed by atoms with Crippen molar-refractivity contribution >= 4 is 23.6 Å². The molecule has 0 spiro atoms. The first-order chi connectivity index (χ1) is 17.5. The summed E-state index contributed by atoms with van der Waals surface area (Å²) >= 11 is 0. The summed E-state index contributed by atoms with van der Waals surface area (Å²) in [7, 11) is 0. The summed E-state index contributed by atoms with van der Waals surface area (Å²) in [6, 6.07) is 8.49. The Labute approximate surface area is 209 Å². The number of rotatable bonds is 9. The van der Waals surface area contributed by atoms with E-state index in [2.05, 4.69) is 16.7 Å². The van der Waals surface area contributed by atoms with E-state index in [-0.39, 0.29) is 31.6 Å². The Bertz CT molecular complexity index is 1170. The Morgan fingerprint density at radius 3 is 2.94 bits per heavy atom. The minimum atomic E-state index is -1.04. The summed E-state index contributed by atoms with van der Waals surface area (Å²) in [5.41, 5.74) is 2.81. The Morgan fingerprint density at radius 2 is 2.08 bits per heavy atom. The zero-order valence-corrected chi connectivity index (χ0v) is 20.0. The number of amides is 2. The summed E-state index contributed by atoms with van der Waals surface area (Å²) in [4.78, 5) is 43.4. The highest BCUT2D eigenvalue weighted by atomic mass is 16.7. The minimum Gasteiger partial charge on any atom is -0.481 e. The quantitative estimate of drug-likeness (QED) is 0.484. The van der Waals surface area contributed by atoms with E-state index in [4.69, 9.17) is 14.5 Å². The van der Waals surface area contributed by atoms with Gasteiger partial charge in [-0.1, -0.05) is 12.1 Å². The fourth-order valence-electron chi connectivity index (χ4n) is 5.03. The molecule has 10 nitrogen and oxygen atoms in total. The van der Waals surface area contributed by atoms with Crippen molar-refractivity contribution in [2.75, 3.05) is 31.7 Å². The fourth-order valence-corrected chi connectivity index (χ4v) is 5.03. The topological polar surface area (TPSA) is 130 Å². The highest BCUT2D eigenvalue weighted by Gasteiger charge is 2.33. The van der Waals surface area contributed by atoms with Crippen LogP contribution in [0.1, 0.15) is 48.5 Å². The maximum atomic E-state index is 12.9. The molecule has 3 aliphatic heterocycles. The number of anilines is 1. The van der Waals surface area contributed by atoms with Gasteiger partial charge >= 0.3 is 5.97 Å². The van der Waals surface area contributed by atoms with Gasteiger partial charge in [0.15, 0.2) is 11.5 Å². The van der Waals surface area contributed by atoms with Gasteiger partial charge in [-0.2, -0.15) is 0 Å². The number of benzene rings is 1. The van der Waals surface area contributed by atoms with E-state index < -0.39 is 17.9 Å². The Hall–Kier alpha value is -3.82. The molecular formula is C26H30N4O6. The lowest BCUT2D eigenvalue weighted by molar-refractivity contribution is -0.138. The van der Waals surface area contributed by atoms with Crippen molar-refractivity contribution in [3.8, 4) is 11.5 Å². The van der Waals surface area contributed by atoms with E-state index >= 15 is 0 Å². The number of aromatic nitrogens is 1. The largest absolute Gasteiger partial charge is 0.481 e. The van der Waals surface area contributed by atoms with Crippen LogP contribution < -0.4 is 20.1 Å². The predicted octanol–water partition coefficient (Wildman–Crippen LogP) is 2.28. The van der Waals surface area contributed by atoms with Crippen LogP contribution in [0.2, 0.25) is 0 Å². The molecule has 0 aliphatic carbocycles. The normalized spacial score (nSPS) is 18.9. The number of aryl methyl sites for hydroxylation is 2. The Kier molecular flexibility index (Phi) is 6.92. The molecule has 2 amide bonds. The third kappa shape index (κ3) is 5.37. The zero-order valence-electron chi connectivity index (χ0n) is 20.0. The molecule has 1 saturated heterocycles. The number of ether oxygens (including phenoxy) is 2. The molecule has 2 atom stereocenters. The van der Waals surface area contributed by atoms with Gasteiger partial charge in [0.05, 0.1) is 19.0 Å². The lowest BCUT2D eigenvalue weighted by Gasteiger charge is -2.21. The van der Waals surface area contributed by atoms with Crippen LogP contribution in [0.25, 0.3) is 0 Å². The third-order valence-corrected chi connectivity index (χ3v) is 6.96. The van der Waals surface area contributed by atoms with Crippen molar-refractivity contribution in [1.82, 2.24) is 15.2 Å². The van der Waals surface area contributed by atoms with E-state index in [1.807, 2.05) is 6.07 Å². The zero-order chi connectivity index (χ0) is 25.1. The average molecular weight is 495 g/mol. The molecule has 4 heterocycles. The van der Waals surface area contributed by atoms with Crippen LogP contribution in [-0.4, -0.2) is 59.2 Å². The van der Waals surface area contributed by atoms with Crippen LogP contribution >= 0.6 is 0 Å². The number of fused-ring (bicyclic) bond motifs is 2. The molecule has 190 valence electrons. The summed E-state index contributed by atoms with van der Waals surface area (Å²) in [5.74, 6) is 0.421. The molecule has 3 N–H and O–H groups in total. The van der Waals surface area contributed by atoms with Gasteiger partial charge in [-0.3, -0.25) is 14.4 Å². The monoisotopic (exact) mass is 494 g/mol. The fraction of sp³-hybridized carbons (Fsp3) is 0.462. The minimum absolute atomic E-state index is 0.0425. The van der Waals surface area contributed by atoms with Gasteiger partial charge in [0, 0.05) is 24.7 Å². The second-order valence-electron chi connectivity index (χ2n) is 9.46. The van der Waals surface area contributed by atoms with Crippen LogP contribution in [0.4, 0.5) is 5.82 Å². The van der Waals surface area contributed by atoms with E-state index in [1.165, 1.54) is 5.56 Å².